The smallest absolute Gasteiger partial charge is 0.134 e. The van der Waals surface area contributed by atoms with Gasteiger partial charge in [0, 0.05) is 44.9 Å². The van der Waals surface area contributed by atoms with Gasteiger partial charge in [0.05, 0.1) is 22.2 Å². The second-order valence-electron chi connectivity index (χ2n) is 12.3. The molecule has 0 atom stereocenters. The zero-order chi connectivity index (χ0) is 29.5. The van der Waals surface area contributed by atoms with E-state index in [1.54, 1.807) is 0 Å². The van der Waals surface area contributed by atoms with Crippen molar-refractivity contribution >= 4 is 55.5 Å². The van der Waals surface area contributed by atoms with Crippen LogP contribution in [0.15, 0.2) is 132 Å². The van der Waals surface area contributed by atoms with Gasteiger partial charge in [-0.1, -0.05) is 97.1 Å². The van der Waals surface area contributed by atoms with Crippen molar-refractivity contribution in [1.29, 1.82) is 0 Å². The molecule has 5 aromatic carbocycles. The van der Waals surface area contributed by atoms with Crippen LogP contribution in [0.2, 0.25) is 0 Å². The molecule has 0 amide bonds. The van der Waals surface area contributed by atoms with E-state index in [-0.39, 0.29) is 0 Å². The molecule has 45 heavy (non-hydrogen) atoms. The third kappa shape index (κ3) is 3.52. The van der Waals surface area contributed by atoms with E-state index >= 15 is 0 Å². The highest BCUT2D eigenvalue weighted by Gasteiger charge is 2.29. The van der Waals surface area contributed by atoms with Gasteiger partial charge in [0.1, 0.15) is 11.3 Å². The van der Waals surface area contributed by atoms with Crippen LogP contribution in [-0.4, -0.2) is 9.13 Å². The van der Waals surface area contributed by atoms with Gasteiger partial charge in [-0.15, -0.1) is 0 Å². The van der Waals surface area contributed by atoms with Crippen LogP contribution in [0.1, 0.15) is 35.4 Å². The first-order valence-electron chi connectivity index (χ1n) is 16.0. The van der Waals surface area contributed by atoms with Gasteiger partial charge in [-0.25, -0.2) is 0 Å². The molecule has 214 valence electrons. The minimum absolute atomic E-state index is 0.929. The van der Waals surface area contributed by atoms with Crippen LogP contribution in [0, 0.1) is 0 Å². The van der Waals surface area contributed by atoms with Gasteiger partial charge < -0.3 is 13.6 Å². The van der Waals surface area contributed by atoms with E-state index in [9.17, 15) is 0 Å². The Morgan fingerprint density at radius 1 is 0.578 bits per heavy atom. The van der Waals surface area contributed by atoms with Crippen molar-refractivity contribution in [3.63, 3.8) is 0 Å². The van der Waals surface area contributed by atoms with Gasteiger partial charge in [0.15, 0.2) is 0 Å². The molecule has 3 heterocycles. The molecule has 0 unspecified atom stereocenters. The molecule has 0 spiro atoms. The Bertz CT molecular complexity index is 2520. The van der Waals surface area contributed by atoms with Crippen molar-refractivity contribution in [3.8, 4) is 16.8 Å². The molecule has 2 aliphatic carbocycles. The number of para-hydroxylation sites is 2. The topological polar surface area (TPSA) is 23.0 Å². The molecule has 3 heteroatoms. The van der Waals surface area contributed by atoms with Crippen LogP contribution in [0.25, 0.3) is 72.3 Å². The summed E-state index contributed by atoms with van der Waals surface area (Å²) >= 11 is 0. The lowest BCUT2D eigenvalue weighted by Crippen LogP contribution is -2.08. The number of benzene rings is 5. The third-order valence-corrected chi connectivity index (χ3v) is 9.85. The third-order valence-electron chi connectivity index (χ3n) is 9.85. The largest absolute Gasteiger partial charge is 0.460 e. The molecule has 0 fully saturated rings. The van der Waals surface area contributed by atoms with Crippen molar-refractivity contribution in [1.82, 2.24) is 9.13 Å². The van der Waals surface area contributed by atoms with Crippen molar-refractivity contribution in [2.75, 3.05) is 0 Å². The number of aryl methyl sites for hydroxylation is 2. The van der Waals surface area contributed by atoms with E-state index in [0.717, 1.165) is 37.0 Å². The van der Waals surface area contributed by atoms with Gasteiger partial charge in [-0.2, -0.15) is 0 Å². The number of fused-ring (bicyclic) bond motifs is 10. The van der Waals surface area contributed by atoms with E-state index < -0.39 is 0 Å². The summed E-state index contributed by atoms with van der Waals surface area (Å²) in [5.74, 6) is 1.09. The quantitative estimate of drug-likeness (QED) is 0.204. The molecule has 0 saturated carbocycles. The highest BCUT2D eigenvalue weighted by atomic mass is 16.3. The SMILES string of the molecule is C1=Cc2c(c3ccc4c(c5ccccc5n4-c4ccc(-c5ccccc5)cc4)c3n2C2=CCCc3oc4ccccc4c32)CC1. The van der Waals surface area contributed by atoms with Crippen LogP contribution in [0.3, 0.4) is 0 Å². The monoisotopic (exact) mass is 578 g/mol. The Hall–Kier alpha value is -5.54. The second kappa shape index (κ2) is 9.48. The Morgan fingerprint density at radius 2 is 1.36 bits per heavy atom. The molecular weight excluding hydrogens is 548 g/mol. The predicted octanol–water partition coefficient (Wildman–Crippen LogP) is 10.9. The van der Waals surface area contributed by atoms with Crippen molar-refractivity contribution in [2.45, 2.75) is 25.7 Å². The van der Waals surface area contributed by atoms with Crippen LogP contribution < -0.4 is 0 Å². The number of nitrogens with zero attached hydrogens (tertiary/aromatic N) is 2. The Morgan fingerprint density at radius 3 is 2.24 bits per heavy atom. The molecule has 0 bridgehead atoms. The molecule has 10 rings (SSSR count). The summed E-state index contributed by atoms with van der Waals surface area (Å²) < 4.78 is 11.5. The Kier molecular flexibility index (Phi) is 5.23. The first kappa shape index (κ1) is 24.9. The van der Waals surface area contributed by atoms with Gasteiger partial charge in [0.25, 0.3) is 0 Å². The molecule has 8 aromatic rings. The number of rotatable bonds is 3. The maximum Gasteiger partial charge on any atom is 0.134 e. The lowest BCUT2D eigenvalue weighted by molar-refractivity contribution is 0.544. The van der Waals surface area contributed by atoms with E-state index in [4.69, 9.17) is 4.42 Å². The van der Waals surface area contributed by atoms with E-state index in [1.807, 2.05) is 0 Å². The van der Waals surface area contributed by atoms with Crippen LogP contribution >= 0.6 is 0 Å². The maximum absolute atomic E-state index is 6.46. The fourth-order valence-corrected chi connectivity index (χ4v) is 7.93. The minimum Gasteiger partial charge on any atom is -0.460 e. The molecule has 3 nitrogen and oxygen atoms in total. The summed E-state index contributed by atoms with van der Waals surface area (Å²) in [7, 11) is 0. The first-order valence-corrected chi connectivity index (χ1v) is 16.0. The van der Waals surface area contributed by atoms with E-state index in [0.29, 0.717) is 0 Å². The molecule has 0 saturated heterocycles. The first-order chi connectivity index (χ1) is 22.3. The summed E-state index contributed by atoms with van der Waals surface area (Å²) in [6.45, 7) is 0. The van der Waals surface area contributed by atoms with Crippen molar-refractivity contribution < 1.29 is 4.42 Å². The number of furan rings is 1. The van der Waals surface area contributed by atoms with Gasteiger partial charge in [0.2, 0.25) is 0 Å². The maximum atomic E-state index is 6.46. The van der Waals surface area contributed by atoms with Gasteiger partial charge >= 0.3 is 0 Å². The second-order valence-corrected chi connectivity index (χ2v) is 12.3. The van der Waals surface area contributed by atoms with E-state index in [2.05, 4.69) is 143 Å². The molecule has 3 aromatic heterocycles. The summed E-state index contributed by atoms with van der Waals surface area (Å²) in [5, 5.41) is 5.13. The average Bonchev–Trinajstić information content (AvgIpc) is 3.76. The van der Waals surface area contributed by atoms with Crippen LogP contribution in [-0.2, 0) is 12.8 Å². The summed E-state index contributed by atoms with van der Waals surface area (Å²) in [6.07, 6.45) is 11.1. The van der Waals surface area contributed by atoms with Crippen LogP contribution in [0.5, 0.6) is 0 Å². The number of allylic oxidation sites excluding steroid dienone is 2. The molecule has 0 aliphatic heterocycles. The highest BCUT2D eigenvalue weighted by molar-refractivity contribution is 6.22. The molecule has 0 N–H and O–H groups in total. The Balaban J connectivity index is 1.29. The van der Waals surface area contributed by atoms with Gasteiger partial charge in [-0.3, -0.25) is 0 Å². The van der Waals surface area contributed by atoms with Crippen molar-refractivity contribution in [2.24, 2.45) is 0 Å². The summed E-state index contributed by atoms with van der Waals surface area (Å²) in [4.78, 5) is 0. The van der Waals surface area contributed by atoms with Gasteiger partial charge in [-0.05, 0) is 72.4 Å². The van der Waals surface area contributed by atoms with Crippen molar-refractivity contribution in [3.05, 3.63) is 150 Å². The highest BCUT2D eigenvalue weighted by Crippen LogP contribution is 2.46. The fraction of sp³-hybridized carbons (Fsp3) is 0.0952. The van der Waals surface area contributed by atoms with Crippen LogP contribution in [0.4, 0.5) is 0 Å². The predicted molar refractivity (Wildman–Crippen MR) is 187 cm³/mol. The summed E-state index contributed by atoms with van der Waals surface area (Å²) in [5.41, 5.74) is 13.6. The Labute approximate surface area is 260 Å². The number of aromatic nitrogens is 2. The zero-order valence-electron chi connectivity index (χ0n) is 24.8. The number of hydrogen-bond donors (Lipinski definition) is 0. The molecular formula is C42H30N2O. The average molecular weight is 579 g/mol. The standard InChI is InChI=1S/C42H30N2O/c1-2-11-27(12-3-1)28-21-23-29(24-22-28)43-35-17-8-5-14-32(35)41-37(43)26-25-31-30-13-4-7-16-34(30)44(42(31)41)36-18-10-20-39-40(36)33-15-6-9-19-38(33)45-39/h1-3,5-9,11-12,14-19,21-26H,4,10,13,20H2. The minimum atomic E-state index is 0.929. The lowest BCUT2D eigenvalue weighted by Gasteiger charge is -2.19. The van der Waals surface area contributed by atoms with E-state index in [1.165, 1.54) is 77.4 Å². The normalized spacial score (nSPS) is 14.4. The fourth-order valence-electron chi connectivity index (χ4n) is 7.93. The lowest BCUT2D eigenvalue weighted by atomic mass is 9.98. The molecule has 0 radical (unpaired) electrons. The molecule has 2 aliphatic rings. The zero-order valence-corrected chi connectivity index (χ0v) is 24.8. The summed E-state index contributed by atoms with van der Waals surface area (Å²) in [6, 6.07) is 41.8. The number of hydrogen-bond acceptors (Lipinski definition) is 1.